The van der Waals surface area contributed by atoms with E-state index in [-0.39, 0.29) is 29.8 Å². The Kier molecular flexibility index (Phi) is 4.70. The molecule has 134 valence electrons. The minimum absolute atomic E-state index is 0.151. The highest BCUT2D eigenvalue weighted by atomic mass is 32.2. The Morgan fingerprint density at radius 1 is 1.20 bits per heavy atom. The molecule has 0 spiro atoms. The van der Waals surface area contributed by atoms with Gasteiger partial charge < -0.3 is 10.5 Å². The summed E-state index contributed by atoms with van der Waals surface area (Å²) >= 11 is 0. The van der Waals surface area contributed by atoms with Crippen molar-refractivity contribution in [1.82, 2.24) is 0 Å². The second-order valence-electron chi connectivity index (χ2n) is 6.68. The SMILES string of the molecule is COC[C@@]1(CN)[C@H](S(=O)(=O)c2ccc(C)cc2)[C@@H]1c1cccc(F)c1. The van der Waals surface area contributed by atoms with E-state index in [0.29, 0.717) is 5.56 Å². The van der Waals surface area contributed by atoms with Crippen molar-refractivity contribution < 1.29 is 17.5 Å². The molecule has 0 aliphatic heterocycles. The molecule has 0 radical (unpaired) electrons. The fraction of sp³-hybridized carbons (Fsp3) is 0.368. The van der Waals surface area contributed by atoms with E-state index in [0.717, 1.165) is 5.56 Å². The van der Waals surface area contributed by atoms with Gasteiger partial charge in [-0.3, -0.25) is 0 Å². The van der Waals surface area contributed by atoms with Gasteiger partial charge in [-0.25, -0.2) is 12.8 Å². The van der Waals surface area contributed by atoms with Gasteiger partial charge in [0.2, 0.25) is 0 Å². The van der Waals surface area contributed by atoms with Crippen LogP contribution in [0.25, 0.3) is 0 Å². The number of benzene rings is 2. The molecular formula is C19H22FNO3S. The Bertz CT molecular complexity index is 866. The van der Waals surface area contributed by atoms with Crippen molar-refractivity contribution in [3.63, 3.8) is 0 Å². The summed E-state index contributed by atoms with van der Waals surface area (Å²) in [6.45, 7) is 2.26. The molecule has 4 nitrogen and oxygen atoms in total. The lowest BCUT2D eigenvalue weighted by atomic mass is 10.00. The number of rotatable bonds is 6. The van der Waals surface area contributed by atoms with E-state index < -0.39 is 20.5 Å². The molecule has 1 aliphatic rings. The number of hydrogen-bond acceptors (Lipinski definition) is 4. The zero-order valence-electron chi connectivity index (χ0n) is 14.3. The van der Waals surface area contributed by atoms with Crippen LogP contribution < -0.4 is 5.73 Å². The van der Waals surface area contributed by atoms with E-state index in [2.05, 4.69) is 0 Å². The van der Waals surface area contributed by atoms with Crippen LogP contribution in [-0.4, -0.2) is 33.9 Å². The maximum atomic E-state index is 13.7. The molecule has 0 amide bonds. The first-order valence-electron chi connectivity index (χ1n) is 8.12. The van der Waals surface area contributed by atoms with E-state index in [1.54, 1.807) is 36.4 Å². The molecule has 1 saturated carbocycles. The van der Waals surface area contributed by atoms with Crippen LogP contribution in [0.1, 0.15) is 17.0 Å². The molecular weight excluding hydrogens is 341 g/mol. The molecule has 6 heteroatoms. The van der Waals surface area contributed by atoms with Crippen LogP contribution in [0.3, 0.4) is 0 Å². The smallest absolute Gasteiger partial charge is 0.182 e. The highest BCUT2D eigenvalue weighted by Crippen LogP contribution is 2.63. The van der Waals surface area contributed by atoms with Crippen molar-refractivity contribution in [3.8, 4) is 0 Å². The largest absolute Gasteiger partial charge is 0.384 e. The number of hydrogen-bond donors (Lipinski definition) is 1. The average Bonchev–Trinajstić information content (AvgIpc) is 3.26. The van der Waals surface area contributed by atoms with Crippen LogP contribution in [0.4, 0.5) is 4.39 Å². The molecule has 3 atom stereocenters. The zero-order valence-corrected chi connectivity index (χ0v) is 15.1. The molecule has 0 aromatic heterocycles. The van der Waals surface area contributed by atoms with Crippen LogP contribution >= 0.6 is 0 Å². The molecule has 2 N–H and O–H groups in total. The van der Waals surface area contributed by atoms with Gasteiger partial charge in [0.1, 0.15) is 5.82 Å². The summed E-state index contributed by atoms with van der Waals surface area (Å²) in [5, 5.41) is -0.727. The van der Waals surface area contributed by atoms with Gasteiger partial charge in [0.05, 0.1) is 16.8 Å². The normalized spacial score (nSPS) is 25.8. The molecule has 0 bridgehead atoms. The Balaban J connectivity index is 2.07. The highest BCUT2D eigenvalue weighted by molar-refractivity contribution is 7.92. The Morgan fingerprint density at radius 3 is 2.44 bits per heavy atom. The molecule has 2 aromatic carbocycles. The monoisotopic (exact) mass is 363 g/mol. The predicted molar refractivity (Wildman–Crippen MR) is 94.7 cm³/mol. The van der Waals surface area contributed by atoms with Crippen molar-refractivity contribution in [3.05, 3.63) is 65.5 Å². The van der Waals surface area contributed by atoms with Crippen molar-refractivity contribution >= 4 is 9.84 Å². The van der Waals surface area contributed by atoms with Gasteiger partial charge in [-0.15, -0.1) is 0 Å². The van der Waals surface area contributed by atoms with Gasteiger partial charge >= 0.3 is 0 Å². The van der Waals surface area contributed by atoms with E-state index in [1.165, 1.54) is 19.2 Å². The maximum Gasteiger partial charge on any atom is 0.182 e. The third-order valence-corrected chi connectivity index (χ3v) is 7.40. The van der Waals surface area contributed by atoms with Gasteiger partial charge in [-0.05, 0) is 36.8 Å². The van der Waals surface area contributed by atoms with Gasteiger partial charge in [-0.2, -0.15) is 0 Å². The third kappa shape index (κ3) is 2.99. The molecule has 0 unspecified atom stereocenters. The van der Waals surface area contributed by atoms with Gasteiger partial charge in [0, 0.05) is 25.0 Å². The quantitative estimate of drug-likeness (QED) is 0.857. The first kappa shape index (κ1) is 18.0. The summed E-state index contributed by atoms with van der Waals surface area (Å²) in [5.74, 6) is -0.779. The predicted octanol–water partition coefficient (Wildman–Crippen LogP) is 2.67. The fourth-order valence-corrected chi connectivity index (χ4v) is 6.21. The van der Waals surface area contributed by atoms with Gasteiger partial charge in [0.15, 0.2) is 9.84 Å². The summed E-state index contributed by atoms with van der Waals surface area (Å²) < 4.78 is 45.4. The number of nitrogens with two attached hydrogens (primary N) is 1. The number of ether oxygens (including phenoxy) is 1. The molecule has 1 aliphatic carbocycles. The second kappa shape index (κ2) is 6.52. The third-order valence-electron chi connectivity index (χ3n) is 5.06. The molecule has 1 fully saturated rings. The molecule has 0 heterocycles. The first-order valence-corrected chi connectivity index (χ1v) is 9.66. The Labute approximate surface area is 147 Å². The second-order valence-corrected chi connectivity index (χ2v) is 8.75. The Morgan fingerprint density at radius 2 is 1.88 bits per heavy atom. The lowest BCUT2D eigenvalue weighted by Crippen LogP contribution is -2.28. The molecule has 2 aromatic rings. The summed E-state index contributed by atoms with van der Waals surface area (Å²) in [6, 6.07) is 12.8. The minimum atomic E-state index is -3.62. The number of methoxy groups -OCH3 is 1. The number of halogens is 1. The minimum Gasteiger partial charge on any atom is -0.384 e. The summed E-state index contributed by atoms with van der Waals surface area (Å²) in [6.07, 6.45) is 0. The lowest BCUT2D eigenvalue weighted by Gasteiger charge is -2.15. The highest BCUT2D eigenvalue weighted by Gasteiger charge is 2.70. The van der Waals surface area contributed by atoms with Crippen LogP contribution in [-0.2, 0) is 14.6 Å². The van der Waals surface area contributed by atoms with Crippen LogP contribution in [0.2, 0.25) is 0 Å². The Hall–Kier alpha value is -1.76. The van der Waals surface area contributed by atoms with Gasteiger partial charge in [0.25, 0.3) is 0 Å². The summed E-state index contributed by atoms with van der Waals surface area (Å²) in [4.78, 5) is 0.260. The van der Waals surface area contributed by atoms with E-state index in [1.807, 2.05) is 6.92 Å². The van der Waals surface area contributed by atoms with Crippen molar-refractivity contribution in [2.75, 3.05) is 20.3 Å². The van der Waals surface area contributed by atoms with Crippen molar-refractivity contribution in [2.24, 2.45) is 11.1 Å². The fourth-order valence-electron chi connectivity index (χ4n) is 3.77. The standard InChI is InChI=1S/C19H22FNO3S/c1-13-6-8-16(9-7-13)25(22,23)18-17(19(18,11-21)12-24-2)14-4-3-5-15(20)10-14/h3-10,17-18H,11-12,21H2,1-2H3/t17-,18+,19+/m0/s1. The molecule has 3 rings (SSSR count). The maximum absolute atomic E-state index is 13.7. The van der Waals surface area contributed by atoms with Crippen molar-refractivity contribution in [2.45, 2.75) is 23.0 Å². The van der Waals surface area contributed by atoms with Crippen LogP contribution in [0.5, 0.6) is 0 Å². The average molecular weight is 363 g/mol. The van der Waals surface area contributed by atoms with E-state index >= 15 is 0 Å². The summed E-state index contributed by atoms with van der Waals surface area (Å²) in [5.41, 5.74) is 6.85. The summed E-state index contributed by atoms with van der Waals surface area (Å²) in [7, 11) is -2.10. The zero-order chi connectivity index (χ0) is 18.2. The van der Waals surface area contributed by atoms with Crippen molar-refractivity contribution in [1.29, 1.82) is 0 Å². The lowest BCUT2D eigenvalue weighted by molar-refractivity contribution is 0.142. The number of sulfone groups is 1. The first-order chi connectivity index (χ1) is 11.9. The molecule has 25 heavy (non-hydrogen) atoms. The van der Waals surface area contributed by atoms with Crippen LogP contribution in [0.15, 0.2) is 53.4 Å². The van der Waals surface area contributed by atoms with Gasteiger partial charge in [-0.1, -0.05) is 29.8 Å². The van der Waals surface area contributed by atoms with Crippen LogP contribution in [0, 0.1) is 18.2 Å². The molecule has 0 saturated heterocycles. The number of aryl methyl sites for hydroxylation is 1. The topological polar surface area (TPSA) is 69.4 Å². The van der Waals surface area contributed by atoms with E-state index in [9.17, 15) is 12.8 Å². The van der Waals surface area contributed by atoms with E-state index in [4.69, 9.17) is 10.5 Å².